The van der Waals surface area contributed by atoms with Crippen LogP contribution in [0.3, 0.4) is 0 Å². The molecule has 0 spiro atoms. The van der Waals surface area contributed by atoms with Crippen molar-refractivity contribution in [2.45, 2.75) is 31.0 Å². The van der Waals surface area contributed by atoms with Crippen LogP contribution in [-0.2, 0) is 4.74 Å². The molecule has 3 heterocycles. The molecule has 128 valence electrons. The Labute approximate surface area is 133 Å². The van der Waals surface area contributed by atoms with E-state index in [0.29, 0.717) is 0 Å². The summed E-state index contributed by atoms with van der Waals surface area (Å²) in [5.41, 5.74) is 11.4. The van der Waals surface area contributed by atoms with Crippen molar-refractivity contribution in [3.63, 3.8) is 0 Å². The Hall–Kier alpha value is -2.70. The number of ether oxygens (including phenoxy) is 1. The summed E-state index contributed by atoms with van der Waals surface area (Å²) in [5, 5.41) is 33.3. The Bertz CT molecular complexity index is 898. The molecule has 2 aromatic heterocycles. The van der Waals surface area contributed by atoms with E-state index in [4.69, 9.17) is 16.0 Å². The molecule has 24 heavy (non-hydrogen) atoms. The van der Waals surface area contributed by atoms with Crippen LogP contribution in [0.2, 0.25) is 0 Å². The summed E-state index contributed by atoms with van der Waals surface area (Å²) in [5.74, 6) is -0.537. The number of H-pyrrole nitrogens is 1. The van der Waals surface area contributed by atoms with Crippen LogP contribution in [0.15, 0.2) is 9.91 Å². The summed E-state index contributed by atoms with van der Waals surface area (Å²) in [6.45, 7) is 0.702. The van der Waals surface area contributed by atoms with Gasteiger partial charge in [-0.3, -0.25) is 14.3 Å². The summed E-state index contributed by atoms with van der Waals surface area (Å²) in [4.78, 5) is 24.6. The van der Waals surface area contributed by atoms with Gasteiger partial charge in [0.2, 0.25) is 11.9 Å². The number of azide groups is 1. The average Bonchev–Trinajstić information content (AvgIpc) is 2.96. The van der Waals surface area contributed by atoms with Crippen molar-refractivity contribution >= 4 is 23.1 Å². The second-order valence-corrected chi connectivity index (χ2v) is 5.47. The minimum atomic E-state index is -1.89. The fraction of sp³-hybridized carbons (Fsp3) is 0.545. The highest BCUT2D eigenvalue weighted by molar-refractivity contribution is 5.74. The normalized spacial score (nSPS) is 29.8. The number of aliphatic hydroxyl groups is 3. The lowest BCUT2D eigenvalue weighted by molar-refractivity contribution is -0.0942. The van der Waals surface area contributed by atoms with Crippen LogP contribution in [0.5, 0.6) is 0 Å². The molecule has 0 radical (unpaired) electrons. The number of fused-ring (bicyclic) bond motifs is 1. The largest absolute Gasteiger partial charge is 0.394 e. The predicted molar refractivity (Wildman–Crippen MR) is 79.0 cm³/mol. The number of aromatic amines is 1. The van der Waals surface area contributed by atoms with Crippen LogP contribution in [0, 0.1) is 0 Å². The highest BCUT2D eigenvalue weighted by atomic mass is 16.6. The zero-order valence-electron chi connectivity index (χ0n) is 12.4. The second kappa shape index (κ2) is 5.43. The van der Waals surface area contributed by atoms with Gasteiger partial charge in [-0.1, -0.05) is 0 Å². The maximum atomic E-state index is 12.0. The lowest BCUT2D eigenvalue weighted by atomic mass is 9.96. The van der Waals surface area contributed by atoms with E-state index < -0.39 is 36.2 Å². The predicted octanol–water partition coefficient (Wildman–Crippen LogP) is -1.35. The molecule has 1 aliphatic heterocycles. The number of hydrogen-bond acceptors (Lipinski definition) is 9. The van der Waals surface area contributed by atoms with Gasteiger partial charge < -0.3 is 25.8 Å². The third-order valence-electron chi connectivity index (χ3n) is 3.85. The van der Waals surface area contributed by atoms with Gasteiger partial charge in [0, 0.05) is 4.91 Å². The second-order valence-electron chi connectivity index (χ2n) is 5.47. The Balaban J connectivity index is 2.30. The molecule has 1 fully saturated rings. The fourth-order valence-corrected chi connectivity index (χ4v) is 2.68. The molecular weight excluding hydrogens is 324 g/mol. The Morgan fingerprint density at radius 2 is 2.29 bits per heavy atom. The quantitative estimate of drug-likeness (QED) is 0.256. The van der Waals surface area contributed by atoms with Gasteiger partial charge in [-0.2, -0.15) is 4.98 Å². The van der Waals surface area contributed by atoms with E-state index in [1.807, 2.05) is 0 Å². The topological polar surface area (TPSA) is 208 Å². The molecule has 13 nitrogen and oxygen atoms in total. The zero-order chi connectivity index (χ0) is 17.6. The number of anilines is 1. The van der Waals surface area contributed by atoms with E-state index in [2.05, 4.69) is 25.0 Å². The zero-order valence-corrected chi connectivity index (χ0v) is 12.4. The number of nitrogens with zero attached hydrogens (tertiary/aromatic N) is 6. The Morgan fingerprint density at radius 3 is 2.88 bits per heavy atom. The number of aromatic nitrogens is 4. The molecule has 0 amide bonds. The molecule has 0 aliphatic carbocycles. The van der Waals surface area contributed by atoms with Crippen LogP contribution >= 0.6 is 0 Å². The van der Waals surface area contributed by atoms with Crippen molar-refractivity contribution in [2.75, 3.05) is 12.3 Å². The Kier molecular flexibility index (Phi) is 3.66. The van der Waals surface area contributed by atoms with E-state index >= 15 is 0 Å². The Morgan fingerprint density at radius 1 is 1.58 bits per heavy atom. The summed E-state index contributed by atoms with van der Waals surface area (Å²) in [7, 11) is 0. The van der Waals surface area contributed by atoms with Gasteiger partial charge in [-0.25, -0.2) is 4.98 Å². The molecule has 2 aromatic rings. The van der Waals surface area contributed by atoms with E-state index in [9.17, 15) is 20.1 Å². The molecule has 6 N–H and O–H groups in total. The molecular formula is C11H14N8O5. The molecule has 1 aliphatic rings. The smallest absolute Gasteiger partial charge is 0.280 e. The van der Waals surface area contributed by atoms with Crippen molar-refractivity contribution < 1.29 is 20.1 Å². The number of rotatable bonds is 3. The minimum absolute atomic E-state index is 0.102. The standard InChI is InChI=1S/C11H14N8O5/c1-11(23)5(21)3(2-20)24-8(11)19-6-4(14-10(19)17-18-13)7(22)16-9(12)15-6/h3,5,8,20-21,23H,2H2,1H3,(H3,12,15,16,22)/t3-,5-,8-,11-/m1/s1. The van der Waals surface area contributed by atoms with Crippen molar-refractivity contribution in [1.82, 2.24) is 19.5 Å². The van der Waals surface area contributed by atoms with E-state index in [-0.39, 0.29) is 23.1 Å². The van der Waals surface area contributed by atoms with Gasteiger partial charge in [-0.15, -0.1) is 0 Å². The molecule has 0 unspecified atom stereocenters. The lowest BCUT2D eigenvalue weighted by Crippen LogP contribution is -2.44. The van der Waals surface area contributed by atoms with Crippen LogP contribution in [-0.4, -0.2) is 59.3 Å². The first kappa shape index (κ1) is 16.2. The molecule has 13 heteroatoms. The summed E-state index contributed by atoms with van der Waals surface area (Å²) in [6.07, 6.45) is -3.87. The molecule has 0 aromatic carbocycles. The van der Waals surface area contributed by atoms with E-state index in [1.54, 1.807) is 0 Å². The molecule has 0 saturated carbocycles. The third kappa shape index (κ3) is 2.19. The molecule has 0 bridgehead atoms. The van der Waals surface area contributed by atoms with Gasteiger partial charge in [0.05, 0.1) is 6.61 Å². The molecule has 1 saturated heterocycles. The number of aliphatic hydroxyl groups excluding tert-OH is 2. The first-order valence-corrected chi connectivity index (χ1v) is 6.80. The van der Waals surface area contributed by atoms with Gasteiger partial charge in [0.25, 0.3) is 5.56 Å². The number of imidazole rings is 1. The summed E-state index contributed by atoms with van der Waals surface area (Å²) in [6, 6.07) is 0. The highest BCUT2D eigenvalue weighted by Gasteiger charge is 2.53. The fourth-order valence-electron chi connectivity index (χ4n) is 2.68. The molecule has 3 rings (SSSR count). The van der Waals surface area contributed by atoms with E-state index in [1.165, 1.54) is 6.92 Å². The lowest BCUT2D eigenvalue weighted by Gasteiger charge is -2.27. The maximum Gasteiger partial charge on any atom is 0.280 e. The number of hydrogen-bond donors (Lipinski definition) is 5. The maximum absolute atomic E-state index is 12.0. The highest BCUT2D eigenvalue weighted by Crippen LogP contribution is 2.41. The van der Waals surface area contributed by atoms with Crippen molar-refractivity contribution in [1.29, 1.82) is 0 Å². The van der Waals surface area contributed by atoms with Crippen LogP contribution in [0.1, 0.15) is 13.2 Å². The first-order chi connectivity index (χ1) is 11.3. The minimum Gasteiger partial charge on any atom is -0.394 e. The van der Waals surface area contributed by atoms with Gasteiger partial charge >= 0.3 is 0 Å². The number of nitrogens with one attached hydrogen (secondary N) is 1. The van der Waals surface area contributed by atoms with Crippen LogP contribution in [0.4, 0.5) is 11.9 Å². The monoisotopic (exact) mass is 338 g/mol. The third-order valence-corrected chi connectivity index (χ3v) is 3.85. The van der Waals surface area contributed by atoms with Crippen molar-refractivity contribution in [3.05, 3.63) is 20.8 Å². The SMILES string of the molecule is C[C@@]1(O)[C@H](O)[C@@H](CO)O[C@H]1n1c(N=[N+]=[N-])nc2c(=O)[nH]c(N)nc21. The van der Waals surface area contributed by atoms with Gasteiger partial charge in [0.1, 0.15) is 17.8 Å². The number of nitrogen functional groups attached to an aromatic ring is 1. The van der Waals surface area contributed by atoms with Gasteiger partial charge in [-0.05, 0) is 17.6 Å². The van der Waals surface area contributed by atoms with Crippen molar-refractivity contribution in [3.8, 4) is 0 Å². The average molecular weight is 338 g/mol. The first-order valence-electron chi connectivity index (χ1n) is 6.80. The molecule has 4 atom stereocenters. The van der Waals surface area contributed by atoms with Gasteiger partial charge in [0.15, 0.2) is 17.4 Å². The summed E-state index contributed by atoms with van der Waals surface area (Å²) < 4.78 is 6.51. The summed E-state index contributed by atoms with van der Waals surface area (Å²) >= 11 is 0. The number of nitrogens with two attached hydrogens (primary N) is 1. The van der Waals surface area contributed by atoms with Crippen LogP contribution < -0.4 is 11.3 Å². The van der Waals surface area contributed by atoms with Crippen molar-refractivity contribution in [2.24, 2.45) is 5.11 Å². The van der Waals surface area contributed by atoms with E-state index in [0.717, 1.165) is 4.57 Å². The van der Waals surface area contributed by atoms with Crippen LogP contribution in [0.25, 0.3) is 21.6 Å².